The first-order chi connectivity index (χ1) is 8.77. The second-order valence-electron chi connectivity index (χ2n) is 4.68. The Morgan fingerprint density at radius 1 is 1.26 bits per heavy atom. The Kier molecular flexibility index (Phi) is 7.74. The van der Waals surface area contributed by atoms with Crippen LogP contribution in [0.2, 0.25) is 0 Å². The van der Waals surface area contributed by atoms with Crippen molar-refractivity contribution in [2.45, 2.75) is 32.7 Å². The zero-order chi connectivity index (χ0) is 15.0. The minimum atomic E-state index is -0.961. The van der Waals surface area contributed by atoms with Gasteiger partial charge < -0.3 is 14.7 Å². The number of rotatable bonds is 7. The van der Waals surface area contributed by atoms with Crippen LogP contribution in [0.15, 0.2) is 0 Å². The summed E-state index contributed by atoms with van der Waals surface area (Å²) in [5, 5.41) is 10.8. The first-order valence-electron chi connectivity index (χ1n) is 6.05. The minimum absolute atomic E-state index is 0.00450. The highest BCUT2D eigenvalue weighted by molar-refractivity contribution is 5.94. The van der Waals surface area contributed by atoms with E-state index in [-0.39, 0.29) is 24.8 Å². The van der Waals surface area contributed by atoms with Gasteiger partial charge in [0.1, 0.15) is 0 Å². The van der Waals surface area contributed by atoms with Gasteiger partial charge in [-0.05, 0) is 12.8 Å². The Labute approximate surface area is 112 Å². The van der Waals surface area contributed by atoms with E-state index in [1.807, 2.05) is 0 Å². The molecular weight excluding hydrogens is 252 g/mol. The molecule has 0 aromatic carbocycles. The number of urea groups is 1. The van der Waals surface area contributed by atoms with Gasteiger partial charge in [-0.1, -0.05) is 6.92 Å². The number of hydrogen-bond donors (Lipinski definition) is 2. The van der Waals surface area contributed by atoms with E-state index in [0.717, 1.165) is 0 Å². The normalized spacial score (nSPS) is 13.5. The summed E-state index contributed by atoms with van der Waals surface area (Å²) in [6, 6.07) is -0.675. The Balaban J connectivity index is 4.18. The van der Waals surface area contributed by atoms with E-state index >= 15 is 0 Å². The zero-order valence-electron chi connectivity index (χ0n) is 11.8. The molecule has 0 spiro atoms. The number of imide groups is 1. The van der Waals surface area contributed by atoms with Crippen LogP contribution in [0.4, 0.5) is 4.79 Å². The lowest BCUT2D eigenvalue weighted by Gasteiger charge is -2.24. The molecule has 0 aromatic heterocycles. The maximum Gasteiger partial charge on any atom is 0.324 e. The third-order valence-corrected chi connectivity index (χ3v) is 2.69. The van der Waals surface area contributed by atoms with Crippen LogP contribution < -0.4 is 5.32 Å². The Morgan fingerprint density at radius 3 is 2.32 bits per heavy atom. The molecule has 0 aliphatic rings. The second kappa shape index (κ2) is 8.47. The number of likely N-dealkylation sites (N-methyl/N-ethyl adjacent to an activating group) is 1. The van der Waals surface area contributed by atoms with Crippen LogP contribution in [0.5, 0.6) is 0 Å². The summed E-state index contributed by atoms with van der Waals surface area (Å²) in [6.07, 6.45) is -0.0952. The number of methoxy groups -OCH3 is 1. The number of carboxylic acids is 1. The fourth-order valence-corrected chi connectivity index (χ4v) is 1.50. The van der Waals surface area contributed by atoms with E-state index in [1.165, 1.54) is 12.0 Å². The molecule has 0 radical (unpaired) electrons. The molecule has 3 amide bonds. The van der Waals surface area contributed by atoms with E-state index < -0.39 is 17.9 Å². The highest BCUT2D eigenvalue weighted by Gasteiger charge is 2.19. The number of amides is 3. The summed E-state index contributed by atoms with van der Waals surface area (Å²) >= 11 is 0. The topological polar surface area (TPSA) is 95.9 Å². The van der Waals surface area contributed by atoms with Gasteiger partial charge in [-0.25, -0.2) is 4.79 Å². The number of carbonyl (C=O) groups is 3. The number of carbonyl (C=O) groups excluding carboxylic acids is 2. The molecule has 0 bridgehead atoms. The highest BCUT2D eigenvalue weighted by Crippen LogP contribution is 2.07. The van der Waals surface area contributed by atoms with Crippen molar-refractivity contribution in [2.24, 2.45) is 5.92 Å². The van der Waals surface area contributed by atoms with Crippen LogP contribution >= 0.6 is 0 Å². The smallest absolute Gasteiger partial charge is 0.324 e. The van der Waals surface area contributed by atoms with Crippen molar-refractivity contribution in [1.29, 1.82) is 0 Å². The van der Waals surface area contributed by atoms with Crippen molar-refractivity contribution in [3.05, 3.63) is 0 Å². The SMILES string of the molecule is COCC(C)N(C)C(=O)NC(=O)CC(C)CC(=O)O. The molecule has 2 atom stereocenters. The summed E-state index contributed by atoms with van der Waals surface area (Å²) in [6.45, 7) is 3.81. The van der Waals surface area contributed by atoms with E-state index in [0.29, 0.717) is 6.61 Å². The largest absolute Gasteiger partial charge is 0.481 e. The second-order valence-corrected chi connectivity index (χ2v) is 4.68. The van der Waals surface area contributed by atoms with Crippen molar-refractivity contribution in [1.82, 2.24) is 10.2 Å². The molecule has 0 heterocycles. The summed E-state index contributed by atoms with van der Waals surface area (Å²) in [5.41, 5.74) is 0. The number of nitrogens with one attached hydrogen (secondary N) is 1. The molecule has 0 saturated heterocycles. The first kappa shape index (κ1) is 17.4. The van der Waals surface area contributed by atoms with E-state index in [2.05, 4.69) is 5.32 Å². The number of aliphatic carboxylic acids is 1. The minimum Gasteiger partial charge on any atom is -0.481 e. The lowest BCUT2D eigenvalue weighted by molar-refractivity contribution is -0.138. The lowest BCUT2D eigenvalue weighted by Crippen LogP contribution is -2.46. The molecule has 0 rings (SSSR count). The molecule has 0 aromatic rings. The van der Waals surface area contributed by atoms with Crippen LogP contribution in [-0.4, -0.2) is 54.7 Å². The summed E-state index contributed by atoms with van der Waals surface area (Å²) in [4.78, 5) is 35.1. The monoisotopic (exact) mass is 274 g/mol. The number of carboxylic acid groups (broad SMARTS) is 1. The quantitative estimate of drug-likeness (QED) is 0.712. The van der Waals surface area contributed by atoms with Gasteiger partial charge >= 0.3 is 12.0 Å². The standard InChI is InChI=1S/C12H22N2O5/c1-8(6-11(16)17)5-10(15)13-12(18)14(3)9(2)7-19-4/h8-9H,5-7H2,1-4H3,(H,16,17)(H,13,15,18). The molecule has 0 aliphatic heterocycles. The number of ether oxygens (including phenoxy) is 1. The Hall–Kier alpha value is -1.63. The molecule has 2 unspecified atom stereocenters. The van der Waals surface area contributed by atoms with Crippen molar-refractivity contribution >= 4 is 17.9 Å². The van der Waals surface area contributed by atoms with Gasteiger partial charge in [-0.15, -0.1) is 0 Å². The van der Waals surface area contributed by atoms with Crippen molar-refractivity contribution in [3.63, 3.8) is 0 Å². The predicted molar refractivity (Wildman–Crippen MR) is 68.7 cm³/mol. The third-order valence-electron chi connectivity index (χ3n) is 2.69. The Bertz CT molecular complexity index is 332. The van der Waals surface area contributed by atoms with Gasteiger partial charge in [0.05, 0.1) is 12.6 Å². The van der Waals surface area contributed by atoms with Crippen LogP contribution in [0.1, 0.15) is 26.7 Å². The predicted octanol–water partition coefficient (Wildman–Crippen LogP) is 0.690. The van der Waals surface area contributed by atoms with Gasteiger partial charge in [-0.2, -0.15) is 0 Å². The summed E-state index contributed by atoms with van der Waals surface area (Å²) < 4.78 is 4.92. The Morgan fingerprint density at radius 2 is 1.84 bits per heavy atom. The van der Waals surface area contributed by atoms with Crippen molar-refractivity contribution in [3.8, 4) is 0 Å². The van der Waals surface area contributed by atoms with Crippen LogP contribution in [0.25, 0.3) is 0 Å². The molecule has 0 fully saturated rings. The highest BCUT2D eigenvalue weighted by atomic mass is 16.5. The maximum atomic E-state index is 11.7. The van der Waals surface area contributed by atoms with Gasteiger partial charge in [0.2, 0.25) is 5.91 Å². The lowest BCUT2D eigenvalue weighted by atomic mass is 10.0. The van der Waals surface area contributed by atoms with E-state index in [1.54, 1.807) is 20.9 Å². The molecular formula is C12H22N2O5. The number of hydrogen-bond acceptors (Lipinski definition) is 4. The van der Waals surface area contributed by atoms with E-state index in [9.17, 15) is 14.4 Å². The zero-order valence-corrected chi connectivity index (χ0v) is 11.8. The van der Waals surface area contributed by atoms with Crippen LogP contribution in [-0.2, 0) is 14.3 Å². The number of nitrogens with zero attached hydrogens (tertiary/aromatic N) is 1. The third kappa shape index (κ3) is 7.40. The molecule has 0 aliphatic carbocycles. The molecule has 19 heavy (non-hydrogen) atoms. The van der Waals surface area contributed by atoms with Crippen LogP contribution in [0.3, 0.4) is 0 Å². The van der Waals surface area contributed by atoms with Gasteiger partial charge in [0.15, 0.2) is 0 Å². The van der Waals surface area contributed by atoms with Crippen molar-refractivity contribution in [2.75, 3.05) is 20.8 Å². The maximum absolute atomic E-state index is 11.7. The van der Waals surface area contributed by atoms with Gasteiger partial charge in [0.25, 0.3) is 0 Å². The van der Waals surface area contributed by atoms with E-state index in [4.69, 9.17) is 9.84 Å². The first-order valence-corrected chi connectivity index (χ1v) is 6.05. The van der Waals surface area contributed by atoms with Crippen LogP contribution in [0, 0.1) is 5.92 Å². The molecule has 2 N–H and O–H groups in total. The fraction of sp³-hybridized carbons (Fsp3) is 0.750. The molecule has 0 saturated carbocycles. The summed E-state index contributed by atoms with van der Waals surface area (Å²) in [7, 11) is 3.09. The van der Waals surface area contributed by atoms with Crippen molar-refractivity contribution < 1.29 is 24.2 Å². The molecule has 7 heteroatoms. The average Bonchev–Trinajstić information content (AvgIpc) is 2.26. The average molecular weight is 274 g/mol. The summed E-state index contributed by atoms with van der Waals surface area (Å²) in [5.74, 6) is -1.75. The van der Waals surface area contributed by atoms with Gasteiger partial charge in [-0.3, -0.25) is 14.9 Å². The van der Waals surface area contributed by atoms with Gasteiger partial charge in [0, 0.05) is 27.0 Å². The molecule has 110 valence electrons. The fourth-order valence-electron chi connectivity index (χ4n) is 1.50. The molecule has 7 nitrogen and oxygen atoms in total.